The minimum Gasteiger partial charge on any atom is -0.508 e. The lowest BCUT2D eigenvalue weighted by Crippen LogP contribution is -2.62. The third-order valence-electron chi connectivity index (χ3n) is 13.2. The van der Waals surface area contributed by atoms with Gasteiger partial charge in [-0.25, -0.2) is 4.79 Å². The highest BCUT2D eigenvalue weighted by molar-refractivity contribution is 5.99. The summed E-state index contributed by atoms with van der Waals surface area (Å²) in [5.41, 5.74) is 17.8. The van der Waals surface area contributed by atoms with E-state index in [-0.39, 0.29) is 74.9 Å². The summed E-state index contributed by atoms with van der Waals surface area (Å²) in [4.78, 5) is 152. The van der Waals surface area contributed by atoms with E-state index in [2.05, 4.69) is 47.5 Å². The molecule has 0 aromatic heterocycles. The van der Waals surface area contributed by atoms with Gasteiger partial charge in [-0.1, -0.05) is 86.1 Å². The van der Waals surface area contributed by atoms with Crippen LogP contribution < -0.4 is 59.7 Å². The summed E-state index contributed by atoms with van der Waals surface area (Å²) < 4.78 is 0. The van der Waals surface area contributed by atoms with E-state index in [1.807, 2.05) is 0 Å². The minimum atomic E-state index is -1.90. The molecule has 19 N–H and O–H groups in total. The van der Waals surface area contributed by atoms with Gasteiger partial charge in [0.2, 0.25) is 47.3 Å². The number of rotatable bonds is 36. The van der Waals surface area contributed by atoms with E-state index in [0.29, 0.717) is 11.1 Å². The number of nitrogens with two attached hydrogens (primary N) is 3. The molecule has 10 atom stereocenters. The van der Waals surface area contributed by atoms with Crippen LogP contribution >= 0.6 is 0 Å². The number of carbonyl (C=O) groups excluding carboxylic acids is 8. The number of carboxylic acids is 3. The second-order valence-corrected chi connectivity index (χ2v) is 21.4. The Hall–Kier alpha value is -8.56. The average molecular weight is 1170 g/mol. The zero-order valence-corrected chi connectivity index (χ0v) is 48.1. The highest BCUT2D eigenvalue weighted by Crippen LogP contribution is 2.17. The Bertz CT molecular complexity index is 2580. The standard InChI is InChI=1S/C55H84N12O16/c1-9-30(8)45(67-47(75)36(11-10-22-59-55(57)58)60-48(76)37(24-31-12-16-33(68)17-13-31)61-46(74)35(56)20-21-41(70)71)53(81)63-38(25-32-14-18-34(69)19-15-32)49(77)62-39(26-42(72)73)50(78)65-44(29(6)7)52(80)66-43(28(4)5)51(79)64-40(54(82)83)23-27(2)3/h12-19,27-30,35-40,43-45,68-69H,9-11,20-26,56H2,1-8H3,(H,60,76)(H,61,74)(H,62,77)(H,63,81)(H,64,79)(H,65,78)(H,66,80)(H,67,75)(H,70,71)(H,72,73)(H,82,83)(H4,57,58,59)/t30-,35-,36-,37-,38-,39-,40-,43-,44-,45-/m0/s1. The Morgan fingerprint density at radius 3 is 1.33 bits per heavy atom. The monoisotopic (exact) mass is 1170 g/mol. The summed E-state index contributed by atoms with van der Waals surface area (Å²) in [6.45, 7) is 13.1. The number of guanidine groups is 1. The van der Waals surface area contributed by atoms with E-state index in [1.54, 1.807) is 55.4 Å². The van der Waals surface area contributed by atoms with E-state index in [0.717, 1.165) is 0 Å². The van der Waals surface area contributed by atoms with Gasteiger partial charge in [-0.05, 0) is 84.7 Å². The first-order valence-electron chi connectivity index (χ1n) is 27.3. The molecule has 0 spiro atoms. The van der Waals surface area contributed by atoms with Crippen LogP contribution in [-0.2, 0) is 65.6 Å². The Balaban J connectivity index is 2.56. The van der Waals surface area contributed by atoms with Crippen molar-refractivity contribution in [2.75, 3.05) is 6.54 Å². The molecule has 28 heteroatoms. The molecule has 460 valence electrons. The van der Waals surface area contributed by atoms with Crippen LogP contribution in [0, 0.1) is 23.7 Å². The summed E-state index contributed by atoms with van der Waals surface area (Å²) in [5.74, 6) is -14.3. The predicted octanol–water partition coefficient (Wildman–Crippen LogP) is -1.03. The van der Waals surface area contributed by atoms with Crippen molar-refractivity contribution in [2.45, 2.75) is 168 Å². The molecule has 2 aromatic carbocycles. The minimum absolute atomic E-state index is 0.0177. The van der Waals surface area contributed by atoms with Crippen LogP contribution in [0.4, 0.5) is 0 Å². The number of phenolic OH excluding ortho intramolecular Hbond substituents is 2. The summed E-state index contributed by atoms with van der Waals surface area (Å²) >= 11 is 0. The van der Waals surface area contributed by atoms with Gasteiger partial charge >= 0.3 is 17.9 Å². The number of hydrogen-bond acceptors (Lipinski definition) is 15. The summed E-state index contributed by atoms with van der Waals surface area (Å²) in [5, 5.41) is 69.0. The molecule has 2 aromatic rings. The Morgan fingerprint density at radius 2 is 0.892 bits per heavy atom. The fraction of sp³-hybridized carbons (Fsp3) is 0.564. The van der Waals surface area contributed by atoms with Crippen molar-refractivity contribution in [1.82, 2.24) is 42.5 Å². The molecule has 0 aliphatic heterocycles. The van der Waals surface area contributed by atoms with Crippen molar-refractivity contribution in [1.29, 1.82) is 0 Å². The van der Waals surface area contributed by atoms with Crippen LogP contribution in [0.2, 0.25) is 0 Å². The summed E-state index contributed by atoms with van der Waals surface area (Å²) in [6.07, 6.45) is -2.05. The Labute approximate surface area is 481 Å². The first-order valence-corrected chi connectivity index (χ1v) is 27.3. The fourth-order valence-electron chi connectivity index (χ4n) is 8.28. The Morgan fingerprint density at radius 1 is 0.494 bits per heavy atom. The number of amides is 8. The van der Waals surface area contributed by atoms with Crippen LogP contribution in [-0.4, -0.2) is 158 Å². The molecule has 0 radical (unpaired) electrons. The molecule has 2 rings (SSSR count). The van der Waals surface area contributed by atoms with Gasteiger partial charge in [0.05, 0.1) is 12.5 Å². The molecule has 0 saturated carbocycles. The van der Waals surface area contributed by atoms with Gasteiger partial charge in [0.1, 0.15) is 59.8 Å². The van der Waals surface area contributed by atoms with Crippen LogP contribution in [0.3, 0.4) is 0 Å². The normalized spacial score (nSPS) is 14.8. The zero-order chi connectivity index (χ0) is 62.8. The Kier molecular flexibility index (Phi) is 29.5. The second-order valence-electron chi connectivity index (χ2n) is 21.4. The number of phenols is 2. The molecule has 0 aliphatic rings. The molecule has 8 amide bonds. The molecule has 83 heavy (non-hydrogen) atoms. The number of nitrogens with zero attached hydrogens (tertiary/aromatic N) is 1. The highest BCUT2D eigenvalue weighted by atomic mass is 16.4. The molecule has 0 heterocycles. The first-order chi connectivity index (χ1) is 38.8. The molecule has 0 bridgehead atoms. The SMILES string of the molecule is CC[C@H](C)[C@H](NC(=O)[C@H](CCCN=C(N)N)NC(=O)[C@H](Cc1ccc(O)cc1)NC(=O)[C@@H](N)CCC(=O)O)C(=O)N[C@@H](Cc1ccc(O)cc1)C(=O)N[C@@H](CC(=O)O)C(=O)N[C@H](C(=O)N[C@H](C(=O)N[C@@H](CC(C)C)C(=O)O)C(C)C)C(C)C. The number of aliphatic carboxylic acids is 3. The second kappa shape index (κ2) is 34.7. The lowest BCUT2D eigenvalue weighted by molar-refractivity contribution is -0.143. The topological polar surface area (TPSA) is 476 Å². The van der Waals surface area contributed by atoms with E-state index < -0.39 is 150 Å². The van der Waals surface area contributed by atoms with E-state index in [4.69, 9.17) is 22.3 Å². The number of nitrogens with one attached hydrogen (secondary N) is 8. The summed E-state index contributed by atoms with van der Waals surface area (Å²) in [7, 11) is 0. The van der Waals surface area contributed by atoms with Gasteiger partial charge in [-0.3, -0.25) is 52.9 Å². The fourth-order valence-corrected chi connectivity index (χ4v) is 8.28. The third-order valence-corrected chi connectivity index (χ3v) is 13.2. The van der Waals surface area contributed by atoms with Gasteiger partial charge < -0.3 is 85.3 Å². The van der Waals surface area contributed by atoms with Crippen molar-refractivity contribution in [3.05, 3.63) is 59.7 Å². The average Bonchev–Trinajstić information content (AvgIpc) is 3.49. The maximum absolute atomic E-state index is 14.6. The molecule has 0 aliphatic carbocycles. The van der Waals surface area contributed by atoms with Gasteiger partial charge in [-0.15, -0.1) is 0 Å². The number of carbonyl (C=O) groups is 11. The van der Waals surface area contributed by atoms with Crippen molar-refractivity contribution in [3.8, 4) is 11.5 Å². The number of aromatic hydroxyl groups is 2. The lowest BCUT2D eigenvalue weighted by atomic mass is 9.96. The smallest absolute Gasteiger partial charge is 0.326 e. The summed E-state index contributed by atoms with van der Waals surface area (Å²) in [6, 6.07) is -2.18. The largest absolute Gasteiger partial charge is 0.508 e. The lowest BCUT2D eigenvalue weighted by Gasteiger charge is -2.30. The molecular weight excluding hydrogens is 1080 g/mol. The third kappa shape index (κ3) is 25.4. The van der Waals surface area contributed by atoms with Gasteiger partial charge in [0.25, 0.3) is 0 Å². The van der Waals surface area contributed by atoms with Crippen molar-refractivity contribution < 1.29 is 78.3 Å². The van der Waals surface area contributed by atoms with Crippen LogP contribution in [0.5, 0.6) is 11.5 Å². The van der Waals surface area contributed by atoms with Crippen molar-refractivity contribution in [3.63, 3.8) is 0 Å². The highest BCUT2D eigenvalue weighted by Gasteiger charge is 2.38. The quantitative estimate of drug-likeness (QED) is 0.0220. The number of aliphatic imine (C=N–C) groups is 1. The van der Waals surface area contributed by atoms with E-state index in [9.17, 15) is 73.2 Å². The maximum atomic E-state index is 14.6. The molecule has 0 saturated heterocycles. The molecule has 0 fully saturated rings. The molecule has 28 nitrogen and oxygen atoms in total. The van der Waals surface area contributed by atoms with Gasteiger partial charge in [0, 0.05) is 25.8 Å². The van der Waals surface area contributed by atoms with Crippen LogP contribution in [0.1, 0.15) is 111 Å². The van der Waals surface area contributed by atoms with Gasteiger partial charge in [-0.2, -0.15) is 0 Å². The van der Waals surface area contributed by atoms with Crippen molar-refractivity contribution >= 4 is 71.1 Å². The van der Waals surface area contributed by atoms with Crippen molar-refractivity contribution in [2.24, 2.45) is 45.9 Å². The predicted molar refractivity (Wildman–Crippen MR) is 302 cm³/mol. The van der Waals surface area contributed by atoms with Crippen LogP contribution in [0.15, 0.2) is 53.5 Å². The van der Waals surface area contributed by atoms with E-state index >= 15 is 0 Å². The van der Waals surface area contributed by atoms with E-state index in [1.165, 1.54) is 48.5 Å². The number of carboxylic acid groups (broad SMARTS) is 3. The molecular formula is C55H84N12O16. The molecule has 0 unspecified atom stereocenters. The zero-order valence-electron chi connectivity index (χ0n) is 48.1. The van der Waals surface area contributed by atoms with Gasteiger partial charge in [0.15, 0.2) is 5.96 Å². The van der Waals surface area contributed by atoms with Crippen LogP contribution in [0.25, 0.3) is 0 Å². The maximum Gasteiger partial charge on any atom is 0.326 e. The number of hydrogen-bond donors (Lipinski definition) is 16. The first kappa shape index (κ1) is 70.5. The number of benzene rings is 2.